The van der Waals surface area contributed by atoms with E-state index in [2.05, 4.69) is 5.32 Å². The Bertz CT molecular complexity index is 1520. The average molecular weight is 609 g/mol. The number of nitrogens with zero attached hydrogens (tertiary/aromatic N) is 1. The Hall–Kier alpha value is -3.47. The monoisotopic (exact) mass is 608 g/mol. The maximum Gasteiger partial charge on any atom is 0.258 e. The van der Waals surface area contributed by atoms with Gasteiger partial charge in [0.25, 0.3) is 5.91 Å². The Morgan fingerprint density at radius 2 is 1.77 bits per heavy atom. The second-order valence-electron chi connectivity index (χ2n) is 10.7. The Morgan fingerprint density at radius 1 is 1.02 bits per heavy atom. The molecule has 5 rings (SSSR count). The van der Waals surface area contributed by atoms with Gasteiger partial charge in [-0.25, -0.2) is 0 Å². The maximum atomic E-state index is 13.8. The number of anilines is 1. The molecule has 1 atom stereocenters. The van der Waals surface area contributed by atoms with Gasteiger partial charge in [0.05, 0.1) is 51.9 Å². The van der Waals surface area contributed by atoms with E-state index in [0.717, 1.165) is 33.0 Å². The average Bonchev–Trinajstić information content (AvgIpc) is 3.61. The molecule has 2 amide bonds. The molecule has 43 heavy (non-hydrogen) atoms. The smallest absolute Gasteiger partial charge is 0.258 e. The van der Waals surface area contributed by atoms with Crippen LogP contribution >= 0.6 is 11.6 Å². The van der Waals surface area contributed by atoms with Crippen molar-refractivity contribution in [3.63, 3.8) is 0 Å². The summed E-state index contributed by atoms with van der Waals surface area (Å²) in [5.74, 6) is 0.104. The molecule has 3 N–H and O–H groups in total. The second kappa shape index (κ2) is 14.3. The van der Waals surface area contributed by atoms with E-state index in [4.69, 9.17) is 30.9 Å². The fourth-order valence-corrected chi connectivity index (χ4v) is 5.99. The van der Waals surface area contributed by atoms with Gasteiger partial charge in [-0.2, -0.15) is 0 Å². The van der Waals surface area contributed by atoms with Crippen molar-refractivity contribution in [1.82, 2.24) is 5.32 Å². The Balaban J connectivity index is 1.19. The molecule has 0 saturated heterocycles. The van der Waals surface area contributed by atoms with Gasteiger partial charge in [0.15, 0.2) is 0 Å². The number of alkyl halides is 1. The summed E-state index contributed by atoms with van der Waals surface area (Å²) >= 11 is 6.39. The van der Waals surface area contributed by atoms with Crippen LogP contribution < -0.4 is 10.2 Å². The van der Waals surface area contributed by atoms with E-state index in [-0.39, 0.29) is 30.1 Å². The molecule has 2 aliphatic rings. The van der Waals surface area contributed by atoms with Crippen LogP contribution in [0.1, 0.15) is 38.5 Å². The number of carbonyl (C=O) groups excluding carboxylic acids is 2. The number of aryl methyl sites for hydroxylation is 1. The van der Waals surface area contributed by atoms with Crippen molar-refractivity contribution in [3.05, 3.63) is 75.9 Å². The molecule has 0 saturated carbocycles. The summed E-state index contributed by atoms with van der Waals surface area (Å²) in [6, 6.07) is 13.0. The van der Waals surface area contributed by atoms with Crippen molar-refractivity contribution < 1.29 is 34.0 Å². The van der Waals surface area contributed by atoms with Gasteiger partial charge in [-0.05, 0) is 52.8 Å². The Labute approximate surface area is 256 Å². The van der Waals surface area contributed by atoms with Crippen molar-refractivity contribution in [2.45, 2.75) is 19.3 Å². The van der Waals surface area contributed by atoms with Gasteiger partial charge in [-0.15, -0.1) is 11.6 Å². The maximum absolute atomic E-state index is 13.8. The van der Waals surface area contributed by atoms with Crippen LogP contribution in [0.25, 0.3) is 16.8 Å². The van der Waals surface area contributed by atoms with Crippen LogP contribution in [0.2, 0.25) is 0 Å². The number of ether oxygens (including phenoxy) is 3. The topological polar surface area (TPSA) is 118 Å². The lowest BCUT2D eigenvalue weighted by Gasteiger charge is -2.19. The molecule has 10 heteroatoms. The first-order chi connectivity index (χ1) is 20.9. The van der Waals surface area contributed by atoms with Gasteiger partial charge >= 0.3 is 0 Å². The lowest BCUT2D eigenvalue weighted by molar-refractivity contribution is -0.117. The third kappa shape index (κ3) is 6.87. The fraction of sp³-hybridized carbons (Fsp3) is 0.394. The number of phenols is 1. The highest BCUT2D eigenvalue weighted by Crippen LogP contribution is 2.46. The molecule has 1 aliphatic carbocycles. The van der Waals surface area contributed by atoms with Crippen molar-refractivity contribution >= 4 is 46.0 Å². The van der Waals surface area contributed by atoms with Crippen LogP contribution in [-0.2, 0) is 25.4 Å². The van der Waals surface area contributed by atoms with Crippen LogP contribution in [0.4, 0.5) is 5.69 Å². The number of nitrogens with one attached hydrogen (secondary N) is 1. The summed E-state index contributed by atoms with van der Waals surface area (Å²) in [6.45, 7) is 5.13. The number of phenolic OH excluding ortho intramolecular Hbond substituents is 1. The van der Waals surface area contributed by atoms with Crippen LogP contribution in [0.5, 0.6) is 5.75 Å². The van der Waals surface area contributed by atoms with Crippen LogP contribution in [-0.4, -0.2) is 87.2 Å². The van der Waals surface area contributed by atoms with Gasteiger partial charge < -0.3 is 34.6 Å². The predicted molar refractivity (Wildman–Crippen MR) is 166 cm³/mol. The first-order valence-electron chi connectivity index (χ1n) is 14.5. The summed E-state index contributed by atoms with van der Waals surface area (Å²) in [7, 11) is 0. The van der Waals surface area contributed by atoms with Gasteiger partial charge in [0.2, 0.25) is 5.91 Å². The fourth-order valence-electron chi connectivity index (χ4n) is 5.74. The highest BCUT2D eigenvalue weighted by Gasteiger charge is 2.35. The summed E-state index contributed by atoms with van der Waals surface area (Å²) in [5, 5.41) is 24.1. The minimum Gasteiger partial charge on any atom is -0.507 e. The molecule has 228 valence electrons. The molecule has 3 aromatic carbocycles. The molecule has 0 spiro atoms. The number of hydrogen-bond donors (Lipinski definition) is 3. The minimum atomic E-state index is -0.172. The summed E-state index contributed by atoms with van der Waals surface area (Å²) in [4.78, 5) is 28.3. The molecule has 0 bridgehead atoms. The van der Waals surface area contributed by atoms with Crippen molar-refractivity contribution in [3.8, 4) is 5.75 Å². The molecular formula is C33H37ClN2O7. The largest absolute Gasteiger partial charge is 0.507 e. The number of hydrogen-bond acceptors (Lipinski definition) is 7. The summed E-state index contributed by atoms with van der Waals surface area (Å²) in [6.07, 6.45) is 2.32. The number of rotatable bonds is 14. The normalized spacial score (nSPS) is 15.5. The van der Waals surface area contributed by atoms with Gasteiger partial charge in [0.1, 0.15) is 5.75 Å². The first kappa shape index (κ1) is 31.0. The number of benzene rings is 3. The van der Waals surface area contributed by atoms with Gasteiger partial charge in [-0.3, -0.25) is 9.59 Å². The number of fused-ring (bicyclic) bond motifs is 4. The van der Waals surface area contributed by atoms with Gasteiger partial charge in [-0.1, -0.05) is 24.3 Å². The van der Waals surface area contributed by atoms with Crippen LogP contribution in [0.3, 0.4) is 0 Å². The lowest BCUT2D eigenvalue weighted by atomic mass is 9.92. The van der Waals surface area contributed by atoms with E-state index < -0.39 is 0 Å². The predicted octanol–water partition coefficient (Wildman–Crippen LogP) is 3.93. The van der Waals surface area contributed by atoms with E-state index >= 15 is 0 Å². The molecule has 0 aromatic heterocycles. The quantitative estimate of drug-likeness (QED) is 0.187. The molecular weight excluding hydrogens is 572 g/mol. The number of halogens is 1. The third-order valence-corrected chi connectivity index (χ3v) is 8.18. The number of carbonyl (C=O) groups is 2. The molecule has 1 heterocycles. The molecule has 0 radical (unpaired) electrons. The Kier molecular flexibility index (Phi) is 10.3. The zero-order valence-electron chi connectivity index (χ0n) is 24.2. The SMILES string of the molecule is Cc1cccc2c(O)cc3c(c12)[C@H](CCl)CN3C(=O)c1ccc2c(c1)C=C(C(=O)NCCOCCOCCOCCO)C2. The van der Waals surface area contributed by atoms with E-state index in [1.807, 2.05) is 43.3 Å². The van der Waals surface area contributed by atoms with Crippen molar-refractivity contribution in [2.24, 2.45) is 0 Å². The summed E-state index contributed by atoms with van der Waals surface area (Å²) in [5.41, 5.74) is 5.68. The number of aliphatic hydroxyl groups is 1. The molecule has 0 unspecified atom stereocenters. The Morgan fingerprint density at radius 3 is 2.51 bits per heavy atom. The molecule has 9 nitrogen and oxygen atoms in total. The molecule has 0 fully saturated rings. The lowest BCUT2D eigenvalue weighted by Crippen LogP contribution is -2.30. The molecule has 1 aliphatic heterocycles. The van der Waals surface area contributed by atoms with E-state index in [1.54, 1.807) is 17.0 Å². The number of aliphatic hydroxyl groups excluding tert-OH is 1. The van der Waals surface area contributed by atoms with E-state index in [0.29, 0.717) is 81.9 Å². The minimum absolute atomic E-state index is 0.00692. The van der Waals surface area contributed by atoms with E-state index in [1.165, 1.54) is 0 Å². The highest BCUT2D eigenvalue weighted by atomic mass is 35.5. The summed E-state index contributed by atoms with van der Waals surface area (Å²) < 4.78 is 16.0. The molecule has 3 aromatic rings. The van der Waals surface area contributed by atoms with Crippen LogP contribution in [0.15, 0.2) is 48.0 Å². The third-order valence-electron chi connectivity index (χ3n) is 7.81. The zero-order valence-corrected chi connectivity index (χ0v) is 25.0. The van der Waals surface area contributed by atoms with Crippen LogP contribution in [0, 0.1) is 6.92 Å². The second-order valence-corrected chi connectivity index (χ2v) is 11.0. The first-order valence-corrected chi connectivity index (χ1v) is 15.0. The standard InChI is InChI=1S/C33H37ClN2O7/c1-21-3-2-4-27-29(38)18-28-31(30(21)27)26(19-34)20-36(28)33(40)23-6-5-22-15-25(17-24(22)16-23)32(39)35-7-9-41-11-13-43-14-12-42-10-8-37/h2-6,16-18,26,37-38H,7-15,19-20H2,1H3,(H,35,39)/t26-/m1/s1. The van der Waals surface area contributed by atoms with Crippen molar-refractivity contribution in [2.75, 3.05) is 70.1 Å². The number of amides is 2. The highest BCUT2D eigenvalue weighted by molar-refractivity contribution is 6.19. The van der Waals surface area contributed by atoms with Crippen molar-refractivity contribution in [1.29, 1.82) is 0 Å². The van der Waals surface area contributed by atoms with E-state index in [9.17, 15) is 14.7 Å². The zero-order chi connectivity index (χ0) is 30.3. The van der Waals surface area contributed by atoms with Gasteiger partial charge in [0, 0.05) is 53.9 Å². The number of aromatic hydroxyl groups is 1.